The molecule has 1 aromatic rings. The molecule has 2 saturated carbocycles. The standard InChI is InChI=1S/C28H35NO3/c1-27-17-24(18-4-7-20(29-2)8-5-18)26-22-11-9-21(31)16-19(22)6-10-23(26)25(27)12-14-28(27,32)13-3-15-30/h3-5,7-8,13,16,23-25,29-30,32H,6,9-12,14-15,17H2,1-2H3/b13-3+. The van der Waals surface area contributed by atoms with Gasteiger partial charge >= 0.3 is 0 Å². The zero-order valence-corrected chi connectivity index (χ0v) is 19.2. The molecule has 0 bridgehead atoms. The highest BCUT2D eigenvalue weighted by molar-refractivity contribution is 5.93. The highest BCUT2D eigenvalue weighted by Crippen LogP contribution is 2.67. The normalized spacial score (nSPS) is 36.6. The number of anilines is 1. The molecule has 1 aromatic carbocycles. The summed E-state index contributed by atoms with van der Waals surface area (Å²) in [7, 11) is 1.94. The Morgan fingerprint density at radius 1 is 1.16 bits per heavy atom. The minimum absolute atomic E-state index is 0.0428. The number of ketones is 1. The molecule has 4 nitrogen and oxygen atoms in total. The SMILES string of the molecule is CNc1ccc(C2CC3(C)C(CCC3(O)/C=C/CO)C3CCC4=CC(=O)CCC4=C23)cc1. The van der Waals surface area contributed by atoms with Gasteiger partial charge in [0.2, 0.25) is 0 Å². The van der Waals surface area contributed by atoms with Gasteiger partial charge in [-0.1, -0.05) is 36.8 Å². The van der Waals surface area contributed by atoms with Crippen LogP contribution in [0.25, 0.3) is 0 Å². The second-order valence-electron chi connectivity index (χ2n) is 10.4. The first-order valence-corrected chi connectivity index (χ1v) is 12.2. The number of nitrogens with one attached hydrogen (secondary N) is 1. The molecular weight excluding hydrogens is 398 g/mol. The molecule has 5 unspecified atom stereocenters. The van der Waals surface area contributed by atoms with Crippen molar-refractivity contribution >= 4 is 11.5 Å². The molecule has 0 heterocycles. The fraction of sp³-hybridized carbons (Fsp3) is 0.536. The third-order valence-corrected chi connectivity index (χ3v) is 9.05. The smallest absolute Gasteiger partial charge is 0.156 e. The summed E-state index contributed by atoms with van der Waals surface area (Å²) < 4.78 is 0. The Balaban J connectivity index is 1.65. The first-order valence-electron chi connectivity index (χ1n) is 12.2. The monoisotopic (exact) mass is 433 g/mol. The molecule has 5 rings (SSSR count). The molecule has 32 heavy (non-hydrogen) atoms. The minimum Gasteiger partial charge on any atom is -0.392 e. The van der Waals surface area contributed by atoms with Gasteiger partial charge in [-0.25, -0.2) is 0 Å². The van der Waals surface area contributed by atoms with E-state index in [1.54, 1.807) is 11.6 Å². The predicted octanol–water partition coefficient (Wildman–Crippen LogP) is 4.91. The number of fused-ring (bicyclic) bond motifs is 4. The third-order valence-electron chi connectivity index (χ3n) is 9.05. The van der Waals surface area contributed by atoms with Gasteiger partial charge in [0.1, 0.15) is 0 Å². The summed E-state index contributed by atoms with van der Waals surface area (Å²) in [5, 5.41) is 24.4. The van der Waals surface area contributed by atoms with Crippen molar-refractivity contribution in [1.82, 2.24) is 0 Å². The lowest BCUT2D eigenvalue weighted by Gasteiger charge is -2.54. The van der Waals surface area contributed by atoms with Crippen LogP contribution in [0.5, 0.6) is 0 Å². The van der Waals surface area contributed by atoms with Gasteiger partial charge in [-0.15, -0.1) is 0 Å². The van der Waals surface area contributed by atoms with Crippen molar-refractivity contribution in [2.75, 3.05) is 19.0 Å². The lowest BCUT2D eigenvalue weighted by Crippen LogP contribution is -2.50. The number of benzene rings is 1. The maximum atomic E-state index is 12.2. The first kappa shape index (κ1) is 21.7. The molecule has 2 fully saturated rings. The van der Waals surface area contributed by atoms with E-state index in [4.69, 9.17) is 0 Å². The Bertz CT molecular complexity index is 1000. The van der Waals surface area contributed by atoms with E-state index in [2.05, 4.69) is 36.5 Å². The molecule has 4 aliphatic rings. The van der Waals surface area contributed by atoms with Crippen molar-refractivity contribution in [2.45, 2.75) is 63.4 Å². The minimum atomic E-state index is -0.890. The zero-order valence-electron chi connectivity index (χ0n) is 19.2. The van der Waals surface area contributed by atoms with E-state index >= 15 is 0 Å². The molecule has 0 aromatic heterocycles. The summed E-state index contributed by atoms with van der Waals surface area (Å²) in [5.41, 5.74) is 5.51. The molecule has 0 radical (unpaired) electrons. The number of rotatable bonds is 4. The van der Waals surface area contributed by atoms with Crippen LogP contribution in [0, 0.1) is 17.3 Å². The van der Waals surface area contributed by atoms with Gasteiger partial charge in [-0.2, -0.15) is 0 Å². The molecule has 5 atom stereocenters. The summed E-state index contributed by atoms with van der Waals surface area (Å²) in [4.78, 5) is 12.2. The average Bonchev–Trinajstić information content (AvgIpc) is 3.07. The number of carbonyl (C=O) groups excluding carboxylic acids is 1. The lowest BCUT2D eigenvalue weighted by molar-refractivity contribution is -0.114. The number of hydrogen-bond donors (Lipinski definition) is 3. The van der Waals surface area contributed by atoms with Gasteiger partial charge in [-0.3, -0.25) is 4.79 Å². The van der Waals surface area contributed by atoms with Crippen LogP contribution in [-0.2, 0) is 4.79 Å². The maximum Gasteiger partial charge on any atom is 0.156 e. The summed E-state index contributed by atoms with van der Waals surface area (Å²) in [5.74, 6) is 1.37. The largest absolute Gasteiger partial charge is 0.392 e. The summed E-state index contributed by atoms with van der Waals surface area (Å²) >= 11 is 0. The summed E-state index contributed by atoms with van der Waals surface area (Å²) in [6, 6.07) is 8.74. The fourth-order valence-corrected chi connectivity index (χ4v) is 7.40. The highest BCUT2D eigenvalue weighted by atomic mass is 16.3. The second kappa shape index (κ2) is 8.00. The van der Waals surface area contributed by atoms with Crippen molar-refractivity contribution in [3.05, 3.63) is 64.8 Å². The van der Waals surface area contributed by atoms with E-state index < -0.39 is 5.60 Å². The Labute approximate surface area is 191 Å². The van der Waals surface area contributed by atoms with E-state index in [1.807, 2.05) is 19.2 Å². The summed E-state index contributed by atoms with van der Waals surface area (Å²) in [6.07, 6.45) is 11.6. The van der Waals surface area contributed by atoms with Crippen LogP contribution in [0.2, 0.25) is 0 Å². The Hall–Kier alpha value is -2.17. The number of allylic oxidation sites excluding steroid dienone is 4. The molecule has 0 amide bonds. The Kier molecular flexibility index (Phi) is 5.42. The first-order chi connectivity index (χ1) is 15.4. The van der Waals surface area contributed by atoms with E-state index in [0.29, 0.717) is 18.3 Å². The number of aliphatic hydroxyl groups excluding tert-OH is 1. The second-order valence-corrected chi connectivity index (χ2v) is 10.4. The van der Waals surface area contributed by atoms with E-state index in [0.717, 1.165) is 44.2 Å². The van der Waals surface area contributed by atoms with Crippen molar-refractivity contribution in [3.8, 4) is 0 Å². The van der Waals surface area contributed by atoms with Crippen molar-refractivity contribution < 1.29 is 15.0 Å². The quantitative estimate of drug-likeness (QED) is 0.590. The molecule has 3 N–H and O–H groups in total. The van der Waals surface area contributed by atoms with E-state index in [9.17, 15) is 15.0 Å². The van der Waals surface area contributed by atoms with Crippen LogP contribution < -0.4 is 5.32 Å². The maximum absolute atomic E-state index is 12.2. The molecule has 4 aliphatic carbocycles. The predicted molar refractivity (Wildman–Crippen MR) is 127 cm³/mol. The average molecular weight is 434 g/mol. The van der Waals surface area contributed by atoms with Gasteiger partial charge in [0.15, 0.2) is 5.78 Å². The Morgan fingerprint density at radius 3 is 2.66 bits per heavy atom. The van der Waals surface area contributed by atoms with Crippen LogP contribution in [0.4, 0.5) is 5.69 Å². The third kappa shape index (κ3) is 3.22. The number of aliphatic hydroxyl groups is 2. The van der Waals surface area contributed by atoms with Crippen molar-refractivity contribution in [3.63, 3.8) is 0 Å². The van der Waals surface area contributed by atoms with Gasteiger partial charge in [0, 0.05) is 30.5 Å². The topological polar surface area (TPSA) is 69.6 Å². The van der Waals surface area contributed by atoms with Crippen LogP contribution in [0.15, 0.2) is 59.2 Å². The van der Waals surface area contributed by atoms with Gasteiger partial charge in [0.25, 0.3) is 0 Å². The van der Waals surface area contributed by atoms with Gasteiger partial charge in [-0.05, 0) is 85.3 Å². The molecule has 0 spiro atoms. The Morgan fingerprint density at radius 2 is 1.94 bits per heavy atom. The van der Waals surface area contributed by atoms with Gasteiger partial charge in [0.05, 0.1) is 12.2 Å². The zero-order chi connectivity index (χ0) is 22.5. The molecule has 0 aliphatic heterocycles. The fourth-order valence-electron chi connectivity index (χ4n) is 7.40. The van der Waals surface area contributed by atoms with E-state index in [-0.39, 0.29) is 23.7 Å². The highest BCUT2D eigenvalue weighted by Gasteiger charge is 2.61. The van der Waals surface area contributed by atoms with Crippen LogP contribution in [0.3, 0.4) is 0 Å². The van der Waals surface area contributed by atoms with Crippen LogP contribution in [0.1, 0.15) is 63.4 Å². The summed E-state index contributed by atoms with van der Waals surface area (Å²) in [6.45, 7) is 2.23. The van der Waals surface area contributed by atoms with Crippen molar-refractivity contribution in [1.29, 1.82) is 0 Å². The van der Waals surface area contributed by atoms with Crippen LogP contribution in [-0.4, -0.2) is 35.3 Å². The van der Waals surface area contributed by atoms with Crippen LogP contribution >= 0.6 is 0 Å². The van der Waals surface area contributed by atoms with E-state index in [1.165, 1.54) is 16.7 Å². The number of carbonyl (C=O) groups is 1. The van der Waals surface area contributed by atoms with Crippen molar-refractivity contribution in [2.24, 2.45) is 17.3 Å². The number of hydrogen-bond acceptors (Lipinski definition) is 4. The molecule has 4 heteroatoms. The van der Waals surface area contributed by atoms with Gasteiger partial charge < -0.3 is 15.5 Å². The molecule has 170 valence electrons. The molecular formula is C28H35NO3. The molecule has 0 saturated heterocycles. The lowest BCUT2D eigenvalue weighted by atomic mass is 9.51.